The summed E-state index contributed by atoms with van der Waals surface area (Å²) in [6.45, 7) is 5.31. The van der Waals surface area contributed by atoms with Gasteiger partial charge >= 0.3 is 12.1 Å². The van der Waals surface area contributed by atoms with Crippen LogP contribution in [0, 0.1) is 0 Å². The van der Waals surface area contributed by atoms with E-state index in [9.17, 15) is 28.8 Å². The fourth-order valence-electron chi connectivity index (χ4n) is 4.12. The molecule has 2 heterocycles. The number of imide groups is 4. The second kappa shape index (κ2) is 10.1. The zero-order valence-corrected chi connectivity index (χ0v) is 18.9. The monoisotopic (exact) mass is 476 g/mol. The van der Waals surface area contributed by atoms with Crippen molar-refractivity contribution in [3.05, 3.63) is 84.4 Å². The van der Waals surface area contributed by atoms with Crippen LogP contribution in [0.1, 0.15) is 30.9 Å². The van der Waals surface area contributed by atoms with Gasteiger partial charge in [0.1, 0.15) is 0 Å². The van der Waals surface area contributed by atoms with Crippen molar-refractivity contribution < 1.29 is 28.8 Å². The summed E-state index contributed by atoms with van der Waals surface area (Å²) in [5, 5.41) is 8.53. The Hall–Kier alpha value is -4.60. The highest BCUT2D eigenvalue weighted by Gasteiger charge is 2.51. The first-order chi connectivity index (χ1) is 16.7. The van der Waals surface area contributed by atoms with E-state index in [1.807, 2.05) is 0 Å². The summed E-state index contributed by atoms with van der Waals surface area (Å²) in [6.07, 6.45) is 1.91. The highest BCUT2D eigenvalue weighted by Crippen LogP contribution is 2.31. The average molecular weight is 476 g/mol. The minimum absolute atomic E-state index is 0.127. The molecule has 0 bridgehead atoms. The van der Waals surface area contributed by atoms with Crippen LogP contribution in [-0.2, 0) is 30.0 Å². The molecule has 2 aliphatic heterocycles. The molecule has 4 rings (SSSR count). The van der Waals surface area contributed by atoms with Gasteiger partial charge in [-0.1, -0.05) is 73.7 Å². The predicted octanol–water partition coefficient (Wildman–Crippen LogP) is 1.57. The maximum Gasteiger partial charge on any atom is 0.328 e. The molecule has 0 aromatic heterocycles. The van der Waals surface area contributed by atoms with Gasteiger partial charge in [0.2, 0.25) is 23.6 Å². The third-order valence-electron chi connectivity index (χ3n) is 5.97. The van der Waals surface area contributed by atoms with E-state index >= 15 is 0 Å². The number of nitrogens with one attached hydrogen (secondary N) is 4. The van der Waals surface area contributed by atoms with Crippen molar-refractivity contribution in [2.45, 2.75) is 30.6 Å². The molecule has 0 saturated carbocycles. The normalized spacial score (nSPS) is 18.2. The summed E-state index contributed by atoms with van der Waals surface area (Å²) < 4.78 is 0. The molecule has 0 atom stereocenters. The fourth-order valence-corrected chi connectivity index (χ4v) is 4.12. The SMILES string of the molecule is C=CCC1(c2ccccc2)C(=O)NC(=O)NC1=O.CCC1(c2ccccc2)C(=O)NC(=O)NC1=O. The van der Waals surface area contributed by atoms with Crippen LogP contribution in [0.3, 0.4) is 0 Å². The standard InChI is InChI=1S/C13H12N2O3.C12H12N2O3/c1-2-8-13(9-6-4-3-5-7-9)10(16)14-12(18)15-11(13)17;1-2-12(8-6-4-3-5-7-8)9(15)13-11(17)14-10(12)16/h2-7H,1,8H2,(H2,14,15,16,17,18);3-7H,2H2,1H3,(H2,13,14,15,16,17). The lowest BCUT2D eigenvalue weighted by atomic mass is 9.75. The second-order valence-corrected chi connectivity index (χ2v) is 7.86. The summed E-state index contributed by atoms with van der Waals surface area (Å²) >= 11 is 0. The maximum atomic E-state index is 12.1. The van der Waals surface area contributed by atoms with Crippen molar-refractivity contribution in [3.8, 4) is 0 Å². The Balaban J connectivity index is 0.000000196. The first-order valence-electron chi connectivity index (χ1n) is 10.8. The van der Waals surface area contributed by atoms with Crippen LogP contribution in [0.4, 0.5) is 9.59 Å². The summed E-state index contributed by atoms with van der Waals surface area (Å²) in [6, 6.07) is 15.8. The highest BCUT2D eigenvalue weighted by molar-refractivity contribution is 6.23. The maximum absolute atomic E-state index is 12.1. The van der Waals surface area contributed by atoms with Crippen LogP contribution in [0.15, 0.2) is 73.3 Å². The largest absolute Gasteiger partial charge is 0.328 e. The number of barbiturate groups is 2. The third-order valence-corrected chi connectivity index (χ3v) is 5.97. The zero-order chi connectivity index (χ0) is 25.6. The third kappa shape index (κ3) is 4.45. The van der Waals surface area contributed by atoms with Crippen molar-refractivity contribution in [2.24, 2.45) is 0 Å². The molecule has 2 saturated heterocycles. The zero-order valence-electron chi connectivity index (χ0n) is 18.9. The van der Waals surface area contributed by atoms with E-state index in [0.717, 1.165) is 0 Å². The minimum Gasteiger partial charge on any atom is -0.277 e. The Morgan fingerprint density at radius 3 is 1.31 bits per heavy atom. The first kappa shape index (κ1) is 25.0. The number of benzene rings is 2. The Labute approximate surface area is 201 Å². The van der Waals surface area contributed by atoms with Crippen molar-refractivity contribution in [2.75, 3.05) is 0 Å². The number of rotatable bonds is 5. The van der Waals surface area contributed by atoms with Crippen molar-refractivity contribution in [1.29, 1.82) is 0 Å². The van der Waals surface area contributed by atoms with Gasteiger partial charge < -0.3 is 0 Å². The predicted molar refractivity (Wildman–Crippen MR) is 125 cm³/mol. The fraction of sp³-hybridized carbons (Fsp3) is 0.200. The molecule has 10 heteroatoms. The Bertz CT molecular complexity index is 1150. The van der Waals surface area contributed by atoms with Gasteiger partial charge in [-0.15, -0.1) is 6.58 Å². The molecule has 8 amide bonds. The van der Waals surface area contributed by atoms with Gasteiger partial charge in [0, 0.05) is 0 Å². The summed E-state index contributed by atoms with van der Waals surface area (Å²) in [5.74, 6) is -2.38. The lowest BCUT2D eigenvalue weighted by Gasteiger charge is -2.33. The molecule has 2 fully saturated rings. The quantitative estimate of drug-likeness (QED) is 0.380. The summed E-state index contributed by atoms with van der Waals surface area (Å²) in [4.78, 5) is 70.3. The molecule has 35 heavy (non-hydrogen) atoms. The van der Waals surface area contributed by atoms with E-state index in [2.05, 4.69) is 27.8 Å². The molecule has 2 aromatic rings. The second-order valence-electron chi connectivity index (χ2n) is 7.86. The summed E-state index contributed by atoms with van der Waals surface area (Å²) in [5.41, 5.74) is -1.61. The Kier molecular flexibility index (Phi) is 7.24. The topological polar surface area (TPSA) is 151 Å². The number of carbonyl (C=O) groups is 6. The molecule has 4 N–H and O–H groups in total. The van der Waals surface area contributed by atoms with E-state index in [1.165, 1.54) is 6.08 Å². The van der Waals surface area contributed by atoms with E-state index < -0.39 is 46.5 Å². The molecule has 0 unspecified atom stereocenters. The van der Waals surface area contributed by atoms with Crippen LogP contribution in [0.5, 0.6) is 0 Å². The van der Waals surface area contributed by atoms with Gasteiger partial charge in [-0.2, -0.15) is 0 Å². The van der Waals surface area contributed by atoms with Gasteiger partial charge in [-0.05, 0) is 24.0 Å². The summed E-state index contributed by atoms with van der Waals surface area (Å²) in [7, 11) is 0. The van der Waals surface area contributed by atoms with Gasteiger partial charge in [0.15, 0.2) is 10.8 Å². The number of hydrogen-bond donors (Lipinski definition) is 4. The number of carbonyl (C=O) groups excluding carboxylic acids is 6. The minimum atomic E-state index is -1.42. The molecule has 180 valence electrons. The highest BCUT2D eigenvalue weighted by atomic mass is 16.2. The van der Waals surface area contributed by atoms with Crippen molar-refractivity contribution in [1.82, 2.24) is 21.3 Å². The van der Waals surface area contributed by atoms with Crippen molar-refractivity contribution in [3.63, 3.8) is 0 Å². The van der Waals surface area contributed by atoms with Crippen LogP contribution in [0.25, 0.3) is 0 Å². The molecular weight excluding hydrogens is 452 g/mol. The van der Waals surface area contributed by atoms with Gasteiger partial charge in [-0.3, -0.25) is 40.4 Å². The molecule has 0 aliphatic carbocycles. The molecule has 0 spiro atoms. The molecule has 2 aromatic carbocycles. The van der Waals surface area contributed by atoms with E-state index in [0.29, 0.717) is 17.5 Å². The number of allylic oxidation sites excluding steroid dienone is 1. The molecule has 0 radical (unpaired) electrons. The Morgan fingerprint density at radius 1 is 0.629 bits per heavy atom. The molecular formula is C25H24N4O6. The Morgan fingerprint density at radius 2 is 0.971 bits per heavy atom. The van der Waals surface area contributed by atoms with E-state index in [-0.39, 0.29) is 6.42 Å². The molecule has 2 aliphatic rings. The van der Waals surface area contributed by atoms with Gasteiger partial charge in [0.25, 0.3) is 0 Å². The van der Waals surface area contributed by atoms with E-state index in [1.54, 1.807) is 67.6 Å². The average Bonchev–Trinajstić information content (AvgIpc) is 2.83. The number of hydrogen-bond acceptors (Lipinski definition) is 6. The van der Waals surface area contributed by atoms with Crippen LogP contribution >= 0.6 is 0 Å². The van der Waals surface area contributed by atoms with Crippen LogP contribution in [-0.4, -0.2) is 35.7 Å². The lowest BCUT2D eigenvalue weighted by Crippen LogP contribution is -2.64. The lowest BCUT2D eigenvalue weighted by molar-refractivity contribution is -0.140. The van der Waals surface area contributed by atoms with E-state index in [4.69, 9.17) is 0 Å². The first-order valence-corrected chi connectivity index (χ1v) is 10.8. The van der Waals surface area contributed by atoms with Crippen LogP contribution in [0.2, 0.25) is 0 Å². The molecule has 10 nitrogen and oxygen atoms in total. The van der Waals surface area contributed by atoms with Crippen LogP contribution < -0.4 is 21.3 Å². The van der Waals surface area contributed by atoms with Gasteiger partial charge in [-0.25, -0.2) is 9.59 Å². The smallest absolute Gasteiger partial charge is 0.277 e. The number of amides is 8. The van der Waals surface area contributed by atoms with Crippen molar-refractivity contribution >= 4 is 35.7 Å². The van der Waals surface area contributed by atoms with Gasteiger partial charge in [0.05, 0.1) is 0 Å². The number of urea groups is 2.